The highest BCUT2D eigenvalue weighted by Crippen LogP contribution is 2.28. The largest absolute Gasteiger partial charge is 0.387 e. The second kappa shape index (κ2) is 8.76. The molecular weight excluding hydrogens is 354 g/mol. The first-order chi connectivity index (χ1) is 13.7. The third-order valence-electron chi connectivity index (χ3n) is 6.19. The fourth-order valence-corrected chi connectivity index (χ4v) is 4.44. The molecule has 0 unspecified atom stereocenters. The smallest absolute Gasteiger partial charge is 0.271 e. The van der Waals surface area contributed by atoms with Gasteiger partial charge in [-0.1, -0.05) is 54.8 Å². The van der Waals surface area contributed by atoms with E-state index in [1.54, 1.807) is 0 Å². The first-order valence-electron chi connectivity index (χ1n) is 10.6. The lowest BCUT2D eigenvalue weighted by molar-refractivity contribution is -0.127. The summed E-state index contributed by atoms with van der Waals surface area (Å²) in [5, 5.41) is 7.27. The molecule has 0 radical (unpaired) electrons. The predicted octanol–water partition coefficient (Wildman–Crippen LogP) is 3.19. The van der Waals surface area contributed by atoms with Crippen LogP contribution in [-0.2, 0) is 14.4 Å². The van der Waals surface area contributed by atoms with Crippen LogP contribution < -0.4 is 5.32 Å². The number of benzene rings is 1. The first-order valence-corrected chi connectivity index (χ1v) is 10.6. The normalized spacial score (nSPS) is 23.8. The Kier molecular flexibility index (Phi) is 5.93. The minimum Gasteiger partial charge on any atom is -0.387 e. The SMILES string of the molecule is O=C(NC1CCN(C(=O)C2=NO[C@@H](c3ccccc3)C2)CC1)C1CCCCC1. The molecule has 3 aliphatic rings. The molecule has 150 valence electrons. The van der Waals surface area contributed by atoms with Gasteiger partial charge in [0, 0.05) is 31.5 Å². The molecule has 6 heteroatoms. The fourth-order valence-electron chi connectivity index (χ4n) is 4.44. The summed E-state index contributed by atoms with van der Waals surface area (Å²) in [7, 11) is 0. The quantitative estimate of drug-likeness (QED) is 0.868. The Bertz CT molecular complexity index is 720. The van der Waals surface area contributed by atoms with Gasteiger partial charge < -0.3 is 15.1 Å². The highest BCUT2D eigenvalue weighted by atomic mass is 16.6. The minimum absolute atomic E-state index is 0.0320. The summed E-state index contributed by atoms with van der Waals surface area (Å²) in [4.78, 5) is 32.5. The number of hydrogen-bond donors (Lipinski definition) is 1. The molecule has 1 saturated heterocycles. The number of piperidine rings is 1. The van der Waals surface area contributed by atoms with E-state index in [1.165, 1.54) is 19.3 Å². The van der Waals surface area contributed by atoms with Gasteiger partial charge >= 0.3 is 0 Å². The molecule has 2 amide bonds. The molecular formula is C22H29N3O3. The molecule has 2 fully saturated rings. The molecule has 4 rings (SSSR count). The van der Waals surface area contributed by atoms with Gasteiger partial charge in [0.15, 0.2) is 6.10 Å². The highest BCUT2D eigenvalue weighted by Gasteiger charge is 2.33. The second-order valence-electron chi connectivity index (χ2n) is 8.16. The van der Waals surface area contributed by atoms with Crippen molar-refractivity contribution in [1.29, 1.82) is 0 Å². The summed E-state index contributed by atoms with van der Waals surface area (Å²) in [6.07, 6.45) is 7.58. The van der Waals surface area contributed by atoms with Crippen LogP contribution in [0.15, 0.2) is 35.5 Å². The number of carbonyl (C=O) groups excluding carboxylic acids is 2. The monoisotopic (exact) mass is 383 g/mol. The van der Waals surface area contributed by atoms with Gasteiger partial charge in [0.25, 0.3) is 5.91 Å². The zero-order chi connectivity index (χ0) is 19.3. The number of amides is 2. The summed E-state index contributed by atoms with van der Waals surface area (Å²) in [5.41, 5.74) is 1.54. The first kappa shape index (κ1) is 19.0. The topological polar surface area (TPSA) is 71.0 Å². The molecule has 1 aliphatic carbocycles. The van der Waals surface area contributed by atoms with Crippen LogP contribution >= 0.6 is 0 Å². The van der Waals surface area contributed by atoms with Crippen LogP contribution in [0.25, 0.3) is 0 Å². The second-order valence-corrected chi connectivity index (χ2v) is 8.16. The maximum Gasteiger partial charge on any atom is 0.271 e. The molecule has 2 aliphatic heterocycles. The van der Waals surface area contributed by atoms with Gasteiger partial charge in [0.05, 0.1) is 0 Å². The third kappa shape index (κ3) is 4.37. The Hall–Kier alpha value is -2.37. The standard InChI is InChI=1S/C22H29N3O3/c26-21(17-9-5-2-6-10-17)23-18-11-13-25(14-12-18)22(27)19-15-20(28-24-19)16-7-3-1-4-8-16/h1,3-4,7-8,17-18,20H,2,5-6,9-15H2,(H,23,26)/t20-/m1/s1. The Balaban J connectivity index is 1.24. The van der Waals surface area contributed by atoms with Crippen molar-refractivity contribution < 1.29 is 14.4 Å². The van der Waals surface area contributed by atoms with Gasteiger partial charge in [0.1, 0.15) is 5.71 Å². The van der Waals surface area contributed by atoms with E-state index < -0.39 is 0 Å². The van der Waals surface area contributed by atoms with Crippen LogP contribution in [0.2, 0.25) is 0 Å². The molecule has 1 aromatic rings. The van der Waals surface area contributed by atoms with E-state index in [0.717, 1.165) is 31.2 Å². The van der Waals surface area contributed by atoms with Crippen LogP contribution in [0.4, 0.5) is 0 Å². The van der Waals surface area contributed by atoms with E-state index >= 15 is 0 Å². The number of likely N-dealkylation sites (tertiary alicyclic amines) is 1. The Labute approximate surface area is 166 Å². The summed E-state index contributed by atoms with van der Waals surface area (Å²) in [6.45, 7) is 1.31. The van der Waals surface area contributed by atoms with E-state index in [0.29, 0.717) is 25.2 Å². The number of hydrogen-bond acceptors (Lipinski definition) is 4. The highest BCUT2D eigenvalue weighted by molar-refractivity contribution is 6.39. The maximum atomic E-state index is 12.8. The number of rotatable bonds is 4. The van der Waals surface area contributed by atoms with Crippen molar-refractivity contribution in [3.05, 3.63) is 35.9 Å². The number of nitrogens with one attached hydrogen (secondary N) is 1. The molecule has 0 bridgehead atoms. The van der Waals surface area contributed by atoms with Gasteiger partial charge in [0.2, 0.25) is 5.91 Å². The summed E-state index contributed by atoms with van der Waals surface area (Å²) in [5.74, 6) is 0.368. The van der Waals surface area contributed by atoms with Crippen molar-refractivity contribution in [3.63, 3.8) is 0 Å². The van der Waals surface area contributed by atoms with Crippen molar-refractivity contribution in [1.82, 2.24) is 10.2 Å². The molecule has 28 heavy (non-hydrogen) atoms. The van der Waals surface area contributed by atoms with Gasteiger partial charge in [-0.05, 0) is 31.2 Å². The average Bonchev–Trinajstić information content (AvgIpc) is 3.25. The predicted molar refractivity (Wildman–Crippen MR) is 107 cm³/mol. The van der Waals surface area contributed by atoms with E-state index in [1.807, 2.05) is 35.2 Å². The van der Waals surface area contributed by atoms with Crippen LogP contribution in [-0.4, -0.2) is 41.6 Å². The van der Waals surface area contributed by atoms with Crippen molar-refractivity contribution in [2.24, 2.45) is 11.1 Å². The molecule has 6 nitrogen and oxygen atoms in total. The van der Waals surface area contributed by atoms with Crippen molar-refractivity contribution >= 4 is 17.5 Å². The van der Waals surface area contributed by atoms with Gasteiger partial charge in [-0.15, -0.1) is 0 Å². The molecule has 1 aromatic carbocycles. The fraction of sp³-hybridized carbons (Fsp3) is 0.591. The lowest BCUT2D eigenvalue weighted by atomic mass is 9.88. The number of oxime groups is 1. The minimum atomic E-state index is -0.174. The molecule has 1 N–H and O–H groups in total. The Morgan fingerprint density at radius 2 is 1.71 bits per heavy atom. The van der Waals surface area contributed by atoms with Crippen molar-refractivity contribution in [2.75, 3.05) is 13.1 Å². The van der Waals surface area contributed by atoms with Crippen LogP contribution in [0, 0.1) is 5.92 Å². The van der Waals surface area contributed by atoms with E-state index in [9.17, 15) is 9.59 Å². The summed E-state index contributed by atoms with van der Waals surface area (Å²) < 4.78 is 0. The van der Waals surface area contributed by atoms with Crippen molar-refractivity contribution in [3.8, 4) is 0 Å². The van der Waals surface area contributed by atoms with Crippen molar-refractivity contribution in [2.45, 2.75) is 63.5 Å². The molecule has 2 heterocycles. The van der Waals surface area contributed by atoms with E-state index in [4.69, 9.17) is 4.84 Å². The van der Waals surface area contributed by atoms with E-state index in [-0.39, 0.29) is 29.9 Å². The van der Waals surface area contributed by atoms with Crippen LogP contribution in [0.1, 0.15) is 63.0 Å². The molecule has 0 aromatic heterocycles. The maximum absolute atomic E-state index is 12.8. The molecule has 1 saturated carbocycles. The lowest BCUT2D eigenvalue weighted by Crippen LogP contribution is -2.49. The lowest BCUT2D eigenvalue weighted by Gasteiger charge is -2.33. The number of nitrogens with zero attached hydrogens (tertiary/aromatic N) is 2. The third-order valence-corrected chi connectivity index (χ3v) is 6.19. The number of carbonyl (C=O) groups is 2. The van der Waals surface area contributed by atoms with Crippen LogP contribution in [0.3, 0.4) is 0 Å². The molecule has 1 atom stereocenters. The Morgan fingerprint density at radius 3 is 2.43 bits per heavy atom. The molecule has 0 spiro atoms. The summed E-state index contributed by atoms with van der Waals surface area (Å²) in [6, 6.07) is 10.1. The zero-order valence-corrected chi connectivity index (χ0v) is 16.3. The van der Waals surface area contributed by atoms with Gasteiger partial charge in [-0.2, -0.15) is 0 Å². The average molecular weight is 383 g/mol. The van der Waals surface area contributed by atoms with Crippen LogP contribution in [0.5, 0.6) is 0 Å². The van der Waals surface area contributed by atoms with Gasteiger partial charge in [-0.25, -0.2) is 0 Å². The van der Waals surface area contributed by atoms with E-state index in [2.05, 4.69) is 10.5 Å². The summed E-state index contributed by atoms with van der Waals surface area (Å²) >= 11 is 0. The van der Waals surface area contributed by atoms with Gasteiger partial charge in [-0.3, -0.25) is 9.59 Å². The zero-order valence-electron chi connectivity index (χ0n) is 16.3. The Morgan fingerprint density at radius 1 is 1.00 bits per heavy atom.